The molecule has 0 heterocycles. The summed E-state index contributed by atoms with van der Waals surface area (Å²) in [6.07, 6.45) is 3.64. The molecule has 0 rings (SSSR count). The molecule has 3 nitrogen and oxygen atoms in total. The van der Waals surface area contributed by atoms with Crippen molar-refractivity contribution in [1.29, 1.82) is 0 Å². The van der Waals surface area contributed by atoms with Crippen LogP contribution in [0.25, 0.3) is 0 Å². The van der Waals surface area contributed by atoms with Gasteiger partial charge in [-0.25, -0.2) is 0 Å². The third-order valence-electron chi connectivity index (χ3n) is 2.65. The molecule has 0 aliphatic rings. The summed E-state index contributed by atoms with van der Waals surface area (Å²) in [6.45, 7) is 12.1. The average molecular weight is 243 g/mol. The van der Waals surface area contributed by atoms with E-state index < -0.39 is 0 Å². The molecule has 102 valence electrons. The summed E-state index contributed by atoms with van der Waals surface area (Å²) in [5.74, 6) is 0.621. The summed E-state index contributed by atoms with van der Waals surface area (Å²) in [5, 5.41) is 3.42. The Morgan fingerprint density at radius 1 is 1.35 bits per heavy atom. The van der Waals surface area contributed by atoms with Crippen molar-refractivity contribution < 1.29 is 9.53 Å². The lowest BCUT2D eigenvalue weighted by Crippen LogP contribution is -2.44. The van der Waals surface area contributed by atoms with Crippen LogP contribution in [0.5, 0.6) is 0 Å². The Labute approximate surface area is 106 Å². The van der Waals surface area contributed by atoms with Gasteiger partial charge in [0.25, 0.3) is 0 Å². The molecule has 0 bridgehead atoms. The van der Waals surface area contributed by atoms with Gasteiger partial charge >= 0.3 is 5.97 Å². The lowest BCUT2D eigenvalue weighted by molar-refractivity contribution is -0.145. The first-order valence-electron chi connectivity index (χ1n) is 6.78. The van der Waals surface area contributed by atoms with E-state index in [0.29, 0.717) is 18.9 Å². The molecular formula is C14H29NO2. The Balaban J connectivity index is 3.72. The molecule has 0 amide bonds. The van der Waals surface area contributed by atoms with Gasteiger partial charge in [-0.2, -0.15) is 0 Å². The Hall–Kier alpha value is -0.570. The first kappa shape index (κ1) is 16.4. The molecule has 0 atom stereocenters. The van der Waals surface area contributed by atoms with Crippen molar-refractivity contribution in [1.82, 2.24) is 5.32 Å². The Kier molecular flexibility index (Phi) is 8.23. The molecule has 1 N–H and O–H groups in total. The fraction of sp³-hybridized carbons (Fsp3) is 0.929. The highest BCUT2D eigenvalue weighted by atomic mass is 16.5. The third-order valence-corrected chi connectivity index (χ3v) is 2.65. The van der Waals surface area contributed by atoms with E-state index in [1.54, 1.807) is 0 Å². The average Bonchev–Trinajstić information content (AvgIpc) is 2.23. The first-order valence-corrected chi connectivity index (χ1v) is 6.78. The van der Waals surface area contributed by atoms with Crippen LogP contribution in [-0.4, -0.2) is 24.7 Å². The number of rotatable bonds is 9. The number of carbonyl (C=O) groups is 1. The minimum Gasteiger partial charge on any atom is -0.464 e. The molecule has 17 heavy (non-hydrogen) atoms. The summed E-state index contributed by atoms with van der Waals surface area (Å²) in [7, 11) is 0. The van der Waals surface area contributed by atoms with E-state index in [1.807, 2.05) is 0 Å². The van der Waals surface area contributed by atoms with Crippen molar-refractivity contribution in [3.8, 4) is 0 Å². The van der Waals surface area contributed by atoms with Crippen LogP contribution < -0.4 is 5.32 Å². The lowest BCUT2D eigenvalue weighted by atomic mass is 10.1. The monoisotopic (exact) mass is 243 g/mol. The number of hydrogen-bond acceptors (Lipinski definition) is 3. The third kappa shape index (κ3) is 10.3. The standard InChI is InChI=1S/C14H29NO2/c1-6-7-8-13(16)17-11-14(4,5)15-10-9-12(2)3/h12,15H,6-11H2,1-5H3. The van der Waals surface area contributed by atoms with E-state index in [-0.39, 0.29) is 11.5 Å². The molecule has 0 unspecified atom stereocenters. The van der Waals surface area contributed by atoms with Gasteiger partial charge in [-0.3, -0.25) is 4.79 Å². The summed E-state index contributed by atoms with van der Waals surface area (Å²) in [6, 6.07) is 0. The van der Waals surface area contributed by atoms with Gasteiger partial charge < -0.3 is 10.1 Å². The Morgan fingerprint density at radius 3 is 2.53 bits per heavy atom. The maximum atomic E-state index is 11.4. The van der Waals surface area contributed by atoms with Gasteiger partial charge in [-0.15, -0.1) is 0 Å². The molecule has 0 fully saturated rings. The number of hydrogen-bond donors (Lipinski definition) is 1. The van der Waals surface area contributed by atoms with Crippen LogP contribution >= 0.6 is 0 Å². The van der Waals surface area contributed by atoms with Crippen molar-refractivity contribution in [2.24, 2.45) is 5.92 Å². The van der Waals surface area contributed by atoms with Crippen molar-refractivity contribution in [2.75, 3.05) is 13.2 Å². The van der Waals surface area contributed by atoms with E-state index in [4.69, 9.17) is 4.74 Å². The molecule has 0 aromatic rings. The van der Waals surface area contributed by atoms with E-state index in [1.165, 1.54) is 0 Å². The zero-order valence-electron chi connectivity index (χ0n) is 12.1. The number of esters is 1. The minimum atomic E-state index is -0.128. The zero-order valence-corrected chi connectivity index (χ0v) is 12.1. The predicted molar refractivity (Wildman–Crippen MR) is 72.0 cm³/mol. The smallest absolute Gasteiger partial charge is 0.305 e. The Bertz CT molecular complexity index is 212. The Morgan fingerprint density at radius 2 is 2.00 bits per heavy atom. The second kappa shape index (κ2) is 8.51. The second-order valence-corrected chi connectivity index (χ2v) is 5.76. The van der Waals surface area contributed by atoms with Gasteiger partial charge in [0.1, 0.15) is 6.61 Å². The molecule has 0 aliphatic heterocycles. The topological polar surface area (TPSA) is 38.3 Å². The molecule has 0 aliphatic carbocycles. The van der Waals surface area contributed by atoms with Crippen LogP contribution in [-0.2, 0) is 9.53 Å². The summed E-state index contributed by atoms with van der Waals surface area (Å²) < 4.78 is 5.26. The fourth-order valence-electron chi connectivity index (χ4n) is 1.40. The van der Waals surface area contributed by atoms with Crippen LogP contribution in [0.15, 0.2) is 0 Å². The van der Waals surface area contributed by atoms with Crippen LogP contribution in [0.4, 0.5) is 0 Å². The van der Waals surface area contributed by atoms with Crippen LogP contribution in [0.3, 0.4) is 0 Å². The van der Waals surface area contributed by atoms with Gasteiger partial charge in [0, 0.05) is 12.0 Å². The van der Waals surface area contributed by atoms with Crippen LogP contribution in [0, 0.1) is 5.92 Å². The molecule has 0 saturated heterocycles. The molecule has 0 spiro atoms. The normalized spacial score (nSPS) is 11.9. The summed E-state index contributed by atoms with van der Waals surface area (Å²) in [5.41, 5.74) is -0.128. The molecule has 0 radical (unpaired) electrons. The molecule has 0 aromatic heterocycles. The van der Waals surface area contributed by atoms with E-state index in [0.717, 1.165) is 25.8 Å². The maximum Gasteiger partial charge on any atom is 0.305 e. The van der Waals surface area contributed by atoms with Crippen molar-refractivity contribution >= 4 is 5.97 Å². The number of unbranched alkanes of at least 4 members (excludes halogenated alkanes) is 1. The SMILES string of the molecule is CCCCC(=O)OCC(C)(C)NCCC(C)C. The number of carbonyl (C=O) groups excluding carboxylic acids is 1. The van der Waals surface area contributed by atoms with Crippen molar-refractivity contribution in [3.63, 3.8) is 0 Å². The molecular weight excluding hydrogens is 214 g/mol. The van der Waals surface area contributed by atoms with Gasteiger partial charge in [0.2, 0.25) is 0 Å². The quantitative estimate of drug-likeness (QED) is 0.632. The highest BCUT2D eigenvalue weighted by molar-refractivity contribution is 5.69. The first-order chi connectivity index (χ1) is 7.87. The van der Waals surface area contributed by atoms with E-state index >= 15 is 0 Å². The highest BCUT2D eigenvalue weighted by Gasteiger charge is 2.19. The number of ether oxygens (including phenoxy) is 1. The zero-order chi connectivity index (χ0) is 13.3. The van der Waals surface area contributed by atoms with Crippen LogP contribution in [0.1, 0.15) is 60.3 Å². The fourth-order valence-corrected chi connectivity index (χ4v) is 1.40. The van der Waals surface area contributed by atoms with Gasteiger partial charge in [0.15, 0.2) is 0 Å². The summed E-state index contributed by atoms with van der Waals surface area (Å²) >= 11 is 0. The van der Waals surface area contributed by atoms with Crippen molar-refractivity contribution in [3.05, 3.63) is 0 Å². The van der Waals surface area contributed by atoms with Gasteiger partial charge in [-0.05, 0) is 39.2 Å². The lowest BCUT2D eigenvalue weighted by Gasteiger charge is -2.26. The second-order valence-electron chi connectivity index (χ2n) is 5.76. The molecule has 3 heteroatoms. The van der Waals surface area contributed by atoms with Crippen molar-refractivity contribution in [2.45, 2.75) is 65.8 Å². The maximum absolute atomic E-state index is 11.4. The molecule has 0 saturated carbocycles. The largest absolute Gasteiger partial charge is 0.464 e. The van der Waals surface area contributed by atoms with E-state index in [2.05, 4.69) is 39.9 Å². The van der Waals surface area contributed by atoms with Crippen LogP contribution in [0.2, 0.25) is 0 Å². The molecule has 0 aromatic carbocycles. The van der Waals surface area contributed by atoms with E-state index in [9.17, 15) is 4.79 Å². The number of nitrogens with one attached hydrogen (secondary N) is 1. The highest BCUT2D eigenvalue weighted by Crippen LogP contribution is 2.06. The summed E-state index contributed by atoms with van der Waals surface area (Å²) in [4.78, 5) is 11.4. The van der Waals surface area contributed by atoms with Gasteiger partial charge in [0.05, 0.1) is 0 Å². The van der Waals surface area contributed by atoms with Gasteiger partial charge in [-0.1, -0.05) is 27.2 Å². The minimum absolute atomic E-state index is 0.0782. The predicted octanol–water partition coefficient (Wildman–Crippen LogP) is 3.13.